The van der Waals surface area contributed by atoms with Gasteiger partial charge in [0.25, 0.3) is 0 Å². The van der Waals surface area contributed by atoms with Gasteiger partial charge in [0.15, 0.2) is 0 Å². The Bertz CT molecular complexity index is 195. The molecule has 0 radical (unpaired) electrons. The van der Waals surface area contributed by atoms with Crippen LogP contribution in [0.2, 0.25) is 0 Å². The number of hydrogen-bond donors (Lipinski definition) is 0. The number of rotatable bonds is 0. The van der Waals surface area contributed by atoms with Gasteiger partial charge in [0.2, 0.25) is 0 Å². The van der Waals surface area contributed by atoms with Crippen molar-refractivity contribution in [1.82, 2.24) is 0 Å². The molecule has 0 N–H and O–H groups in total. The highest BCUT2D eigenvalue weighted by molar-refractivity contribution is 5.10. The molecular formula is C10H16O. The third-order valence-electron chi connectivity index (χ3n) is 4.08. The Hall–Kier alpha value is -0.0400. The second kappa shape index (κ2) is 1.66. The zero-order valence-corrected chi connectivity index (χ0v) is 7.34. The van der Waals surface area contributed by atoms with E-state index in [-0.39, 0.29) is 5.60 Å². The van der Waals surface area contributed by atoms with Crippen molar-refractivity contribution in [3.05, 3.63) is 0 Å². The SMILES string of the molecule is CC1(C)OC2C3CCC(C3)C21. The summed E-state index contributed by atoms with van der Waals surface area (Å²) in [7, 11) is 0. The van der Waals surface area contributed by atoms with Crippen LogP contribution in [0.5, 0.6) is 0 Å². The van der Waals surface area contributed by atoms with E-state index in [9.17, 15) is 0 Å². The van der Waals surface area contributed by atoms with Crippen LogP contribution in [0.15, 0.2) is 0 Å². The summed E-state index contributed by atoms with van der Waals surface area (Å²) in [5.41, 5.74) is 0.227. The minimum Gasteiger partial charge on any atom is -0.371 e. The summed E-state index contributed by atoms with van der Waals surface area (Å²) in [4.78, 5) is 0. The minimum atomic E-state index is 0.227. The second-order valence-corrected chi connectivity index (χ2v) is 5.04. The van der Waals surface area contributed by atoms with Gasteiger partial charge in [0.05, 0.1) is 11.7 Å². The Labute approximate surface area is 68.1 Å². The van der Waals surface area contributed by atoms with Crippen molar-refractivity contribution in [2.45, 2.75) is 44.8 Å². The summed E-state index contributed by atoms with van der Waals surface area (Å²) >= 11 is 0. The summed E-state index contributed by atoms with van der Waals surface area (Å²) in [5, 5.41) is 0. The van der Waals surface area contributed by atoms with Crippen LogP contribution in [-0.2, 0) is 4.74 Å². The molecule has 1 aliphatic heterocycles. The van der Waals surface area contributed by atoms with Gasteiger partial charge in [-0.05, 0) is 44.9 Å². The van der Waals surface area contributed by atoms with Crippen molar-refractivity contribution >= 4 is 0 Å². The topological polar surface area (TPSA) is 9.23 Å². The first-order valence-electron chi connectivity index (χ1n) is 4.86. The summed E-state index contributed by atoms with van der Waals surface area (Å²) in [6.45, 7) is 4.52. The molecule has 2 aliphatic carbocycles. The zero-order chi connectivity index (χ0) is 7.64. The Kier molecular flexibility index (Phi) is 0.976. The van der Waals surface area contributed by atoms with Gasteiger partial charge in [0.1, 0.15) is 0 Å². The number of fused-ring (bicyclic) bond motifs is 5. The first-order valence-corrected chi connectivity index (χ1v) is 4.86. The van der Waals surface area contributed by atoms with Crippen molar-refractivity contribution in [2.24, 2.45) is 17.8 Å². The largest absolute Gasteiger partial charge is 0.371 e. The van der Waals surface area contributed by atoms with Crippen LogP contribution in [-0.4, -0.2) is 11.7 Å². The predicted octanol–water partition coefficient (Wildman–Crippen LogP) is 2.21. The monoisotopic (exact) mass is 152 g/mol. The molecule has 0 aromatic heterocycles. The van der Waals surface area contributed by atoms with Gasteiger partial charge in [-0.25, -0.2) is 0 Å². The lowest BCUT2D eigenvalue weighted by Crippen LogP contribution is -2.58. The van der Waals surface area contributed by atoms with Crippen molar-refractivity contribution < 1.29 is 4.74 Å². The zero-order valence-electron chi connectivity index (χ0n) is 7.34. The molecular weight excluding hydrogens is 136 g/mol. The molecule has 11 heavy (non-hydrogen) atoms. The lowest BCUT2D eigenvalue weighted by molar-refractivity contribution is -0.258. The molecule has 2 bridgehead atoms. The fourth-order valence-electron chi connectivity index (χ4n) is 3.73. The van der Waals surface area contributed by atoms with Gasteiger partial charge in [-0.15, -0.1) is 0 Å². The van der Waals surface area contributed by atoms with Gasteiger partial charge < -0.3 is 4.74 Å². The Morgan fingerprint density at radius 2 is 1.91 bits per heavy atom. The molecule has 0 aromatic carbocycles. The lowest BCUT2D eigenvalue weighted by atomic mass is 9.71. The highest BCUT2D eigenvalue weighted by Gasteiger charge is 2.62. The molecule has 3 rings (SSSR count). The van der Waals surface area contributed by atoms with E-state index in [1.807, 2.05) is 0 Å². The minimum absolute atomic E-state index is 0.227. The van der Waals surface area contributed by atoms with Crippen molar-refractivity contribution in [2.75, 3.05) is 0 Å². The lowest BCUT2D eigenvalue weighted by Gasteiger charge is -2.53. The van der Waals surface area contributed by atoms with Crippen molar-refractivity contribution in [1.29, 1.82) is 0 Å². The molecule has 1 nitrogen and oxygen atoms in total. The standard InChI is InChI=1S/C10H16O/c1-10(2)8-6-3-4-7(5-6)9(8)11-10/h6-9H,3-5H2,1-2H3. The highest BCUT2D eigenvalue weighted by atomic mass is 16.5. The van der Waals surface area contributed by atoms with Crippen LogP contribution in [0, 0.1) is 17.8 Å². The number of ether oxygens (including phenoxy) is 1. The van der Waals surface area contributed by atoms with E-state index in [0.29, 0.717) is 6.10 Å². The Balaban J connectivity index is 1.91. The molecule has 2 saturated carbocycles. The molecule has 4 unspecified atom stereocenters. The first kappa shape index (κ1) is 6.47. The summed E-state index contributed by atoms with van der Waals surface area (Å²) < 4.78 is 5.88. The van der Waals surface area contributed by atoms with E-state index >= 15 is 0 Å². The molecule has 0 aromatic rings. The number of hydrogen-bond acceptors (Lipinski definition) is 1. The van der Waals surface area contributed by atoms with Gasteiger partial charge in [0, 0.05) is 5.92 Å². The van der Waals surface area contributed by atoms with Gasteiger partial charge in [-0.1, -0.05) is 0 Å². The molecule has 4 atom stereocenters. The molecule has 1 heteroatoms. The molecule has 0 amide bonds. The van der Waals surface area contributed by atoms with Crippen molar-refractivity contribution in [3.8, 4) is 0 Å². The van der Waals surface area contributed by atoms with E-state index < -0.39 is 0 Å². The van der Waals surface area contributed by atoms with Crippen LogP contribution in [0.25, 0.3) is 0 Å². The predicted molar refractivity (Wildman–Crippen MR) is 43.3 cm³/mol. The van der Waals surface area contributed by atoms with E-state index in [1.54, 1.807) is 0 Å². The molecule has 1 saturated heterocycles. The summed E-state index contributed by atoms with van der Waals surface area (Å²) in [5.74, 6) is 2.88. The Morgan fingerprint density at radius 3 is 2.45 bits per heavy atom. The maximum Gasteiger partial charge on any atom is 0.0686 e. The van der Waals surface area contributed by atoms with Crippen LogP contribution in [0.3, 0.4) is 0 Å². The van der Waals surface area contributed by atoms with E-state index in [2.05, 4.69) is 13.8 Å². The normalized spacial score (nSPS) is 57.3. The van der Waals surface area contributed by atoms with Crippen LogP contribution >= 0.6 is 0 Å². The van der Waals surface area contributed by atoms with Crippen LogP contribution < -0.4 is 0 Å². The Morgan fingerprint density at radius 1 is 1.18 bits per heavy atom. The third-order valence-corrected chi connectivity index (χ3v) is 4.08. The first-order chi connectivity index (χ1) is 5.18. The van der Waals surface area contributed by atoms with Gasteiger partial charge in [-0.3, -0.25) is 0 Å². The van der Waals surface area contributed by atoms with Gasteiger partial charge >= 0.3 is 0 Å². The van der Waals surface area contributed by atoms with E-state index in [1.165, 1.54) is 19.3 Å². The highest BCUT2D eigenvalue weighted by Crippen LogP contribution is 2.60. The maximum atomic E-state index is 5.88. The molecule has 0 spiro atoms. The molecule has 1 heterocycles. The maximum absolute atomic E-state index is 5.88. The van der Waals surface area contributed by atoms with Gasteiger partial charge in [-0.2, -0.15) is 0 Å². The molecule has 3 fully saturated rings. The molecule has 3 aliphatic rings. The average Bonchev–Trinajstić information content (AvgIpc) is 2.41. The quantitative estimate of drug-likeness (QED) is 0.517. The third kappa shape index (κ3) is 0.618. The van der Waals surface area contributed by atoms with Crippen LogP contribution in [0.4, 0.5) is 0 Å². The van der Waals surface area contributed by atoms with Crippen LogP contribution in [0.1, 0.15) is 33.1 Å². The fourth-order valence-corrected chi connectivity index (χ4v) is 3.73. The average molecular weight is 152 g/mol. The fraction of sp³-hybridized carbons (Fsp3) is 1.00. The summed E-state index contributed by atoms with van der Waals surface area (Å²) in [6, 6.07) is 0. The smallest absolute Gasteiger partial charge is 0.0686 e. The summed E-state index contributed by atoms with van der Waals surface area (Å²) in [6.07, 6.45) is 5.07. The van der Waals surface area contributed by atoms with E-state index in [0.717, 1.165) is 17.8 Å². The second-order valence-electron chi connectivity index (χ2n) is 5.04. The van der Waals surface area contributed by atoms with E-state index in [4.69, 9.17) is 4.74 Å². The van der Waals surface area contributed by atoms with Crippen molar-refractivity contribution in [3.63, 3.8) is 0 Å². The molecule has 62 valence electrons.